The van der Waals surface area contributed by atoms with Crippen molar-refractivity contribution >= 4 is 18.2 Å². The minimum absolute atomic E-state index is 0.0103. The van der Waals surface area contributed by atoms with Gasteiger partial charge in [-0.25, -0.2) is 0 Å². The second-order valence-corrected chi connectivity index (χ2v) is 2.16. The second kappa shape index (κ2) is 6.33. The van der Waals surface area contributed by atoms with E-state index < -0.39 is 11.9 Å². The number of aliphatic imine (C=N–C) groups is 1. The number of hydrogen-bond acceptors (Lipinski definition) is 3. The Hall–Kier alpha value is -1.39. The van der Waals surface area contributed by atoms with Gasteiger partial charge in [0.25, 0.3) is 0 Å². The fourth-order valence-corrected chi connectivity index (χ4v) is 0.531. The van der Waals surface area contributed by atoms with Crippen LogP contribution in [0.2, 0.25) is 0 Å². The molecule has 0 rings (SSSR count). The molecule has 0 aliphatic heterocycles. The first kappa shape index (κ1) is 10.6. The molecular formula is C7H11NO4. The summed E-state index contributed by atoms with van der Waals surface area (Å²) in [5.41, 5.74) is 0. The van der Waals surface area contributed by atoms with Crippen LogP contribution in [0.3, 0.4) is 0 Å². The van der Waals surface area contributed by atoms with E-state index >= 15 is 0 Å². The number of carbonyl (C=O) groups is 2. The third-order valence-electron chi connectivity index (χ3n) is 1.07. The highest BCUT2D eigenvalue weighted by atomic mass is 16.4. The standard InChI is InChI=1S/C7H11NO4/c9-6(10)2-1-4-8-5-3-7(11)12/h4H,1-3,5H2,(H,9,10)(H,11,12). The molecule has 0 bridgehead atoms. The smallest absolute Gasteiger partial charge is 0.305 e. The van der Waals surface area contributed by atoms with Crippen LogP contribution in [0.15, 0.2) is 4.99 Å². The van der Waals surface area contributed by atoms with Crippen molar-refractivity contribution in [3.05, 3.63) is 0 Å². The number of carboxylic acids is 2. The molecule has 0 fully saturated rings. The van der Waals surface area contributed by atoms with Gasteiger partial charge >= 0.3 is 11.9 Å². The molecule has 0 radical (unpaired) electrons. The zero-order chi connectivity index (χ0) is 9.40. The van der Waals surface area contributed by atoms with Crippen LogP contribution in [0.1, 0.15) is 19.3 Å². The summed E-state index contributed by atoms with van der Waals surface area (Å²) in [5.74, 6) is -1.77. The Morgan fingerprint density at radius 2 is 1.75 bits per heavy atom. The number of aliphatic carboxylic acids is 2. The Morgan fingerprint density at radius 1 is 1.17 bits per heavy atom. The lowest BCUT2D eigenvalue weighted by molar-refractivity contribution is -0.137. The first-order valence-electron chi connectivity index (χ1n) is 3.55. The minimum atomic E-state index is -0.898. The number of carboxylic acid groups (broad SMARTS) is 2. The predicted molar refractivity (Wildman–Crippen MR) is 42.5 cm³/mol. The third-order valence-corrected chi connectivity index (χ3v) is 1.07. The van der Waals surface area contributed by atoms with Crippen LogP contribution in [0.5, 0.6) is 0 Å². The lowest BCUT2D eigenvalue weighted by Crippen LogP contribution is -1.97. The van der Waals surface area contributed by atoms with Crippen molar-refractivity contribution in [2.24, 2.45) is 4.99 Å². The van der Waals surface area contributed by atoms with Gasteiger partial charge in [-0.2, -0.15) is 0 Å². The second-order valence-electron chi connectivity index (χ2n) is 2.16. The monoisotopic (exact) mass is 173 g/mol. The van der Waals surface area contributed by atoms with E-state index in [0.717, 1.165) is 0 Å². The van der Waals surface area contributed by atoms with Crippen LogP contribution in [-0.2, 0) is 9.59 Å². The van der Waals surface area contributed by atoms with E-state index in [9.17, 15) is 9.59 Å². The van der Waals surface area contributed by atoms with Crippen LogP contribution in [0, 0.1) is 0 Å². The van der Waals surface area contributed by atoms with Crippen molar-refractivity contribution in [3.63, 3.8) is 0 Å². The minimum Gasteiger partial charge on any atom is -0.481 e. The average Bonchev–Trinajstić information content (AvgIpc) is 1.95. The molecule has 12 heavy (non-hydrogen) atoms. The van der Waals surface area contributed by atoms with E-state index in [0.29, 0.717) is 6.42 Å². The van der Waals surface area contributed by atoms with Crippen LogP contribution >= 0.6 is 0 Å². The molecule has 5 heteroatoms. The molecule has 2 N–H and O–H groups in total. The Kier molecular flexibility index (Phi) is 5.60. The van der Waals surface area contributed by atoms with Gasteiger partial charge in [0.1, 0.15) is 0 Å². The van der Waals surface area contributed by atoms with Crippen molar-refractivity contribution in [2.75, 3.05) is 6.54 Å². The maximum Gasteiger partial charge on any atom is 0.305 e. The fraction of sp³-hybridized carbons (Fsp3) is 0.571. The number of nitrogens with zero attached hydrogens (tertiary/aromatic N) is 1. The zero-order valence-electron chi connectivity index (χ0n) is 6.56. The van der Waals surface area contributed by atoms with E-state index in [2.05, 4.69) is 4.99 Å². The Morgan fingerprint density at radius 3 is 2.25 bits per heavy atom. The molecule has 68 valence electrons. The maximum atomic E-state index is 9.98. The molecule has 0 aromatic rings. The van der Waals surface area contributed by atoms with E-state index in [1.165, 1.54) is 6.21 Å². The quantitative estimate of drug-likeness (QED) is 0.569. The zero-order valence-corrected chi connectivity index (χ0v) is 6.56. The Balaban J connectivity index is 3.26. The van der Waals surface area contributed by atoms with Crippen molar-refractivity contribution in [2.45, 2.75) is 19.3 Å². The van der Waals surface area contributed by atoms with Gasteiger partial charge in [0.05, 0.1) is 12.8 Å². The van der Waals surface area contributed by atoms with Crippen molar-refractivity contribution < 1.29 is 19.8 Å². The van der Waals surface area contributed by atoms with E-state index in [1.807, 2.05) is 0 Å². The van der Waals surface area contributed by atoms with E-state index in [4.69, 9.17) is 10.2 Å². The highest BCUT2D eigenvalue weighted by Crippen LogP contribution is 1.86. The highest BCUT2D eigenvalue weighted by molar-refractivity contribution is 5.72. The van der Waals surface area contributed by atoms with Gasteiger partial charge < -0.3 is 10.2 Å². The summed E-state index contributed by atoms with van der Waals surface area (Å²) in [5, 5.41) is 16.4. The number of rotatable bonds is 6. The summed E-state index contributed by atoms with van der Waals surface area (Å²) >= 11 is 0. The molecule has 5 nitrogen and oxygen atoms in total. The molecule has 0 spiro atoms. The van der Waals surface area contributed by atoms with Crippen LogP contribution in [0.25, 0.3) is 0 Å². The number of hydrogen-bond donors (Lipinski definition) is 2. The summed E-state index contributed by atoms with van der Waals surface area (Å²) in [6.45, 7) is 0.217. The fourth-order valence-electron chi connectivity index (χ4n) is 0.531. The first-order chi connectivity index (χ1) is 5.63. The van der Waals surface area contributed by atoms with Gasteiger partial charge in [0.15, 0.2) is 0 Å². The molecule has 0 amide bonds. The summed E-state index contributed by atoms with van der Waals surface area (Å²) in [6.07, 6.45) is 1.83. The molecular weight excluding hydrogens is 162 g/mol. The van der Waals surface area contributed by atoms with Gasteiger partial charge in [0.2, 0.25) is 0 Å². The summed E-state index contributed by atoms with van der Waals surface area (Å²) in [6, 6.07) is 0. The average molecular weight is 173 g/mol. The molecule has 0 aliphatic carbocycles. The van der Waals surface area contributed by atoms with Crippen LogP contribution in [0.4, 0.5) is 0 Å². The Labute approximate surface area is 69.7 Å². The molecule has 0 heterocycles. The van der Waals surface area contributed by atoms with Crippen LogP contribution in [-0.4, -0.2) is 34.9 Å². The van der Waals surface area contributed by atoms with Gasteiger partial charge in [-0.05, 0) is 12.6 Å². The summed E-state index contributed by atoms with van der Waals surface area (Å²) in [4.78, 5) is 23.7. The molecule has 0 atom stereocenters. The molecule has 0 aromatic carbocycles. The van der Waals surface area contributed by atoms with Crippen molar-refractivity contribution in [1.29, 1.82) is 0 Å². The normalized spacial score (nSPS) is 10.3. The van der Waals surface area contributed by atoms with Crippen molar-refractivity contribution in [1.82, 2.24) is 0 Å². The highest BCUT2D eigenvalue weighted by Gasteiger charge is 1.94. The first-order valence-corrected chi connectivity index (χ1v) is 3.55. The molecule has 0 unspecified atom stereocenters. The van der Waals surface area contributed by atoms with E-state index in [1.54, 1.807) is 0 Å². The predicted octanol–water partition coefficient (Wildman–Crippen LogP) is 0.397. The lowest BCUT2D eigenvalue weighted by atomic mass is 10.3. The largest absolute Gasteiger partial charge is 0.481 e. The molecule has 0 aliphatic rings. The Bertz CT molecular complexity index is 168. The van der Waals surface area contributed by atoms with Gasteiger partial charge in [0, 0.05) is 6.54 Å². The van der Waals surface area contributed by atoms with Gasteiger partial charge in [-0.3, -0.25) is 14.6 Å². The molecule has 0 saturated heterocycles. The van der Waals surface area contributed by atoms with Crippen molar-refractivity contribution in [3.8, 4) is 0 Å². The van der Waals surface area contributed by atoms with Gasteiger partial charge in [-0.15, -0.1) is 0 Å². The summed E-state index contributed by atoms with van der Waals surface area (Å²) < 4.78 is 0. The lowest BCUT2D eigenvalue weighted by Gasteiger charge is -1.88. The van der Waals surface area contributed by atoms with E-state index in [-0.39, 0.29) is 19.4 Å². The molecule has 0 saturated carbocycles. The van der Waals surface area contributed by atoms with Gasteiger partial charge in [-0.1, -0.05) is 0 Å². The maximum absolute atomic E-state index is 9.98. The molecule has 0 aromatic heterocycles. The summed E-state index contributed by atoms with van der Waals surface area (Å²) in [7, 11) is 0. The topological polar surface area (TPSA) is 87.0 Å². The van der Waals surface area contributed by atoms with Crippen LogP contribution < -0.4 is 0 Å². The third kappa shape index (κ3) is 8.61. The SMILES string of the molecule is O=C(O)CCC=NCCC(=O)O.